The number of aliphatic carboxylic acids is 3. The molecule has 0 aliphatic carbocycles. The summed E-state index contributed by atoms with van der Waals surface area (Å²) in [6, 6.07) is 0. The van der Waals surface area contributed by atoms with Crippen molar-refractivity contribution in [1.29, 1.82) is 0 Å². The Labute approximate surface area is 84.1 Å². The monoisotopic (exact) mass is 174 g/mol. The maximum absolute atomic E-state index is 9.10. The van der Waals surface area contributed by atoms with Gasteiger partial charge in [0.2, 0.25) is 0 Å². The Morgan fingerprint density at radius 1 is 0.909 bits per heavy atom. The van der Waals surface area contributed by atoms with Crippen molar-refractivity contribution < 1.29 is 29.7 Å². The van der Waals surface area contributed by atoms with Gasteiger partial charge in [0.1, 0.15) is 0 Å². The third-order valence-corrected chi connectivity index (χ3v) is 0.183. The molecule has 0 aliphatic rings. The van der Waals surface area contributed by atoms with Crippen LogP contribution in [0.15, 0.2) is 0 Å². The molecule has 0 radical (unpaired) electrons. The van der Waals surface area contributed by atoms with Gasteiger partial charge in [-0.15, -0.1) is 0 Å². The van der Waals surface area contributed by atoms with Crippen molar-refractivity contribution in [3.05, 3.63) is 0 Å². The molecule has 0 aliphatic heterocycles. The molecular formula is C4H7NaO6. The Morgan fingerprint density at radius 3 is 1.00 bits per heavy atom. The Balaban J connectivity index is -0.000000114. The Hall–Kier alpha value is -0.590. The van der Waals surface area contributed by atoms with E-state index in [1.165, 1.54) is 0 Å². The van der Waals surface area contributed by atoms with Gasteiger partial charge >= 0.3 is 41.5 Å². The zero-order valence-electron chi connectivity index (χ0n) is 5.07. The van der Waals surface area contributed by atoms with Crippen molar-refractivity contribution in [2.45, 2.75) is 6.92 Å². The van der Waals surface area contributed by atoms with Gasteiger partial charge < -0.3 is 15.3 Å². The zero-order chi connectivity index (χ0) is 8.73. The third kappa shape index (κ3) is 44.4. The summed E-state index contributed by atoms with van der Waals surface area (Å²) in [7, 11) is 0. The van der Waals surface area contributed by atoms with Crippen molar-refractivity contribution in [2.75, 3.05) is 0 Å². The minimum absolute atomic E-state index is 0. The average Bonchev–Trinajstić information content (AvgIpc) is 1.63. The number of carbonyl (C=O) groups is 3. The molecule has 60 valence electrons. The fourth-order valence-electron chi connectivity index (χ4n) is 0. The van der Waals surface area contributed by atoms with Crippen molar-refractivity contribution in [1.82, 2.24) is 0 Å². The summed E-state index contributed by atoms with van der Waals surface area (Å²) >= 11 is 0. The first-order valence-electron chi connectivity index (χ1n) is 2.03. The van der Waals surface area contributed by atoms with Crippen LogP contribution >= 0.6 is 0 Å². The van der Waals surface area contributed by atoms with E-state index in [2.05, 4.69) is 0 Å². The van der Waals surface area contributed by atoms with E-state index in [9.17, 15) is 0 Å². The standard InChI is InChI=1S/C2H2O4.C2H4O2.Na.H/c3-1(4)2(5)6;1-2(3)4;;/h(H,3,4)(H,5,6);1H3,(H,3,4);;. The predicted molar refractivity (Wildman–Crippen MR) is 35.7 cm³/mol. The van der Waals surface area contributed by atoms with E-state index in [1.54, 1.807) is 0 Å². The van der Waals surface area contributed by atoms with Gasteiger partial charge in [0, 0.05) is 6.92 Å². The summed E-state index contributed by atoms with van der Waals surface area (Å²) in [6.07, 6.45) is 0. The normalized spacial score (nSPS) is 6.27. The molecule has 0 bridgehead atoms. The van der Waals surface area contributed by atoms with E-state index < -0.39 is 17.9 Å². The van der Waals surface area contributed by atoms with Gasteiger partial charge in [-0.05, 0) is 0 Å². The van der Waals surface area contributed by atoms with Gasteiger partial charge in [-0.2, -0.15) is 0 Å². The number of hydrogen-bond acceptors (Lipinski definition) is 3. The first-order valence-corrected chi connectivity index (χ1v) is 2.03. The van der Waals surface area contributed by atoms with Crippen LogP contribution in [0.2, 0.25) is 0 Å². The van der Waals surface area contributed by atoms with Crippen LogP contribution in [0.4, 0.5) is 0 Å². The van der Waals surface area contributed by atoms with Gasteiger partial charge in [-0.3, -0.25) is 4.79 Å². The van der Waals surface area contributed by atoms with Crippen LogP contribution in [0.3, 0.4) is 0 Å². The molecule has 0 fully saturated rings. The summed E-state index contributed by atoms with van der Waals surface area (Å²) in [5.41, 5.74) is 0. The third-order valence-electron chi connectivity index (χ3n) is 0.183. The second-order valence-corrected chi connectivity index (χ2v) is 1.13. The summed E-state index contributed by atoms with van der Waals surface area (Å²) < 4.78 is 0. The van der Waals surface area contributed by atoms with Crippen LogP contribution in [0.5, 0.6) is 0 Å². The van der Waals surface area contributed by atoms with E-state index in [4.69, 9.17) is 29.7 Å². The topological polar surface area (TPSA) is 112 Å². The molecule has 0 atom stereocenters. The Bertz CT molecular complexity index is 137. The van der Waals surface area contributed by atoms with Gasteiger partial charge in [0.05, 0.1) is 0 Å². The van der Waals surface area contributed by atoms with E-state index >= 15 is 0 Å². The first-order chi connectivity index (χ1) is 4.37. The zero-order valence-corrected chi connectivity index (χ0v) is 5.07. The molecule has 7 heteroatoms. The Morgan fingerprint density at radius 2 is 1.00 bits per heavy atom. The first kappa shape index (κ1) is 16.8. The molecule has 0 aromatic rings. The van der Waals surface area contributed by atoms with Crippen LogP contribution in [0, 0.1) is 0 Å². The molecule has 0 spiro atoms. The van der Waals surface area contributed by atoms with E-state index in [-0.39, 0.29) is 29.6 Å². The van der Waals surface area contributed by atoms with Crippen molar-refractivity contribution >= 4 is 47.5 Å². The summed E-state index contributed by atoms with van der Waals surface area (Å²) in [6.45, 7) is 1.08. The molecule has 6 nitrogen and oxygen atoms in total. The predicted octanol–water partition coefficient (Wildman–Crippen LogP) is -1.40. The van der Waals surface area contributed by atoms with Crippen LogP contribution in [0.1, 0.15) is 6.92 Å². The van der Waals surface area contributed by atoms with Gasteiger partial charge in [-0.25, -0.2) is 9.59 Å². The molecule has 0 saturated heterocycles. The number of rotatable bonds is 0. The fraction of sp³-hybridized carbons (Fsp3) is 0.250. The molecule has 0 heterocycles. The van der Waals surface area contributed by atoms with Gasteiger partial charge in [0.25, 0.3) is 5.97 Å². The minimum atomic E-state index is -1.82. The van der Waals surface area contributed by atoms with Crippen LogP contribution in [-0.4, -0.2) is 62.8 Å². The molecule has 0 amide bonds. The summed E-state index contributed by atoms with van der Waals surface area (Å²) in [4.78, 5) is 27.2. The molecule has 0 unspecified atom stereocenters. The number of carboxylic acid groups (broad SMARTS) is 3. The van der Waals surface area contributed by atoms with Gasteiger partial charge in [-0.1, -0.05) is 0 Å². The van der Waals surface area contributed by atoms with Crippen molar-refractivity contribution in [3.63, 3.8) is 0 Å². The molecule has 0 saturated carbocycles. The van der Waals surface area contributed by atoms with E-state index in [0.29, 0.717) is 0 Å². The second-order valence-electron chi connectivity index (χ2n) is 1.13. The van der Waals surface area contributed by atoms with Crippen LogP contribution < -0.4 is 0 Å². The fourth-order valence-corrected chi connectivity index (χ4v) is 0. The maximum atomic E-state index is 9.10. The van der Waals surface area contributed by atoms with E-state index in [0.717, 1.165) is 6.92 Å². The van der Waals surface area contributed by atoms with E-state index in [1.807, 2.05) is 0 Å². The SMILES string of the molecule is CC(=O)O.O=C(O)C(=O)O.[NaH]. The molecular weight excluding hydrogens is 167 g/mol. The molecule has 11 heavy (non-hydrogen) atoms. The quantitative estimate of drug-likeness (QED) is 0.307. The van der Waals surface area contributed by atoms with Crippen LogP contribution in [-0.2, 0) is 14.4 Å². The average molecular weight is 174 g/mol. The number of hydrogen-bond donors (Lipinski definition) is 3. The number of carboxylic acids is 3. The molecule has 0 aromatic carbocycles. The van der Waals surface area contributed by atoms with Crippen molar-refractivity contribution in [3.8, 4) is 0 Å². The summed E-state index contributed by atoms with van der Waals surface area (Å²) in [5.74, 6) is -4.48. The van der Waals surface area contributed by atoms with Crippen molar-refractivity contribution in [2.24, 2.45) is 0 Å². The second kappa shape index (κ2) is 9.41. The summed E-state index contributed by atoms with van der Waals surface area (Å²) in [5, 5.41) is 22.2. The molecule has 3 N–H and O–H groups in total. The molecule has 0 aromatic heterocycles. The molecule has 0 rings (SSSR count). The Kier molecular flexibility index (Phi) is 14.4. The van der Waals surface area contributed by atoms with Crippen LogP contribution in [0.25, 0.3) is 0 Å². The van der Waals surface area contributed by atoms with Gasteiger partial charge in [0.15, 0.2) is 0 Å².